The largest absolute Gasteiger partial charge is 0.482 e. The normalized spacial score (nSPS) is 13.5. The fraction of sp³-hybridized carbons (Fsp3) is 0.300. The average molecular weight is 371 g/mol. The summed E-state index contributed by atoms with van der Waals surface area (Å²) >= 11 is 1.47. The molecular formula is C20H21NO4S. The van der Waals surface area contributed by atoms with Gasteiger partial charge in [0.2, 0.25) is 0 Å². The summed E-state index contributed by atoms with van der Waals surface area (Å²) in [5.74, 6) is 0.196. The molecule has 2 aromatic carbocycles. The van der Waals surface area contributed by atoms with E-state index in [1.807, 2.05) is 31.2 Å². The molecule has 3 aromatic rings. The number of benzene rings is 2. The van der Waals surface area contributed by atoms with Crippen molar-refractivity contribution in [3.05, 3.63) is 52.7 Å². The summed E-state index contributed by atoms with van der Waals surface area (Å²) in [4.78, 5) is 24.8. The Morgan fingerprint density at radius 3 is 2.65 bits per heavy atom. The summed E-state index contributed by atoms with van der Waals surface area (Å²) in [5.41, 5.74) is -0.705. The Morgan fingerprint density at radius 2 is 1.92 bits per heavy atom. The highest BCUT2D eigenvalue weighted by Crippen LogP contribution is 2.31. The van der Waals surface area contributed by atoms with Gasteiger partial charge in [0.1, 0.15) is 5.75 Å². The van der Waals surface area contributed by atoms with Crippen LogP contribution >= 0.6 is 11.3 Å². The van der Waals surface area contributed by atoms with E-state index in [4.69, 9.17) is 4.74 Å². The molecular weight excluding hydrogens is 350 g/mol. The quantitative estimate of drug-likeness (QED) is 0.653. The fourth-order valence-corrected chi connectivity index (χ4v) is 3.80. The van der Waals surface area contributed by atoms with Crippen LogP contribution in [0.4, 0.5) is 0 Å². The first-order valence-corrected chi connectivity index (χ1v) is 9.28. The van der Waals surface area contributed by atoms with Crippen LogP contribution < -0.4 is 15.5 Å². The Morgan fingerprint density at radius 1 is 1.19 bits per heavy atom. The number of ether oxygens (including phenoxy) is 1. The molecule has 0 saturated heterocycles. The second kappa shape index (κ2) is 7.43. The van der Waals surface area contributed by atoms with E-state index in [-0.39, 0.29) is 24.5 Å². The maximum atomic E-state index is 12.7. The lowest BCUT2D eigenvalue weighted by Crippen LogP contribution is -2.49. The van der Waals surface area contributed by atoms with Gasteiger partial charge in [0.25, 0.3) is 5.91 Å². The van der Waals surface area contributed by atoms with Gasteiger partial charge in [0, 0.05) is 15.5 Å². The van der Waals surface area contributed by atoms with Crippen molar-refractivity contribution >= 4 is 37.4 Å². The Kier molecular flexibility index (Phi) is 5.25. The summed E-state index contributed by atoms with van der Waals surface area (Å²) in [7, 11) is 0. The van der Waals surface area contributed by atoms with E-state index in [0.717, 1.165) is 9.40 Å². The number of carbonyl (C=O) groups is 1. The maximum Gasteiger partial charge on any atom is 0.258 e. The van der Waals surface area contributed by atoms with Crippen molar-refractivity contribution in [3.8, 4) is 5.75 Å². The standard InChI is InChI=1S/C20H21NO4S/c1-3-20(2,12-22)21-17(23)11-25-15-9-6-8-14-18(24)13-7-4-5-10-16(13)26-19(14)15/h4-10,22H,3,11-12H2,1-2H3,(H,21,23). The van der Waals surface area contributed by atoms with Crippen LogP contribution in [-0.4, -0.2) is 29.8 Å². The highest BCUT2D eigenvalue weighted by atomic mass is 32.1. The van der Waals surface area contributed by atoms with Crippen LogP contribution in [0.15, 0.2) is 47.3 Å². The van der Waals surface area contributed by atoms with Crippen LogP contribution in [-0.2, 0) is 4.79 Å². The summed E-state index contributed by atoms with van der Waals surface area (Å²) in [6, 6.07) is 12.7. The third-order valence-electron chi connectivity index (χ3n) is 4.50. The zero-order valence-electron chi connectivity index (χ0n) is 14.7. The summed E-state index contributed by atoms with van der Waals surface area (Å²) in [6.07, 6.45) is 0.608. The van der Waals surface area contributed by atoms with E-state index in [1.165, 1.54) is 11.3 Å². The minimum absolute atomic E-state index is 0.0388. The number of aliphatic hydroxyl groups excluding tert-OH is 1. The molecule has 0 aliphatic rings. The van der Waals surface area contributed by atoms with E-state index in [9.17, 15) is 14.7 Å². The molecule has 0 radical (unpaired) electrons. The van der Waals surface area contributed by atoms with Gasteiger partial charge in [0.15, 0.2) is 12.0 Å². The van der Waals surface area contributed by atoms with Gasteiger partial charge in [-0.3, -0.25) is 9.59 Å². The van der Waals surface area contributed by atoms with Gasteiger partial charge in [-0.2, -0.15) is 0 Å². The minimum atomic E-state index is -0.666. The summed E-state index contributed by atoms with van der Waals surface area (Å²) in [6.45, 7) is 3.35. The van der Waals surface area contributed by atoms with E-state index in [0.29, 0.717) is 22.9 Å². The highest BCUT2D eigenvalue weighted by molar-refractivity contribution is 7.24. The monoisotopic (exact) mass is 371 g/mol. The molecule has 1 heterocycles. The molecule has 2 N–H and O–H groups in total. The van der Waals surface area contributed by atoms with Crippen molar-refractivity contribution in [1.82, 2.24) is 5.32 Å². The van der Waals surface area contributed by atoms with Gasteiger partial charge >= 0.3 is 0 Å². The number of rotatable bonds is 6. The lowest BCUT2D eigenvalue weighted by Gasteiger charge is -2.27. The van der Waals surface area contributed by atoms with Crippen LogP contribution in [0.5, 0.6) is 5.75 Å². The van der Waals surface area contributed by atoms with Crippen molar-refractivity contribution in [2.45, 2.75) is 25.8 Å². The predicted octanol–water partition coefficient (Wildman–Crippen LogP) is 3.07. The predicted molar refractivity (Wildman–Crippen MR) is 105 cm³/mol. The van der Waals surface area contributed by atoms with Crippen LogP contribution in [0, 0.1) is 0 Å². The van der Waals surface area contributed by atoms with Crippen LogP contribution in [0.2, 0.25) is 0 Å². The third kappa shape index (κ3) is 3.57. The Hall–Kier alpha value is -2.44. The van der Waals surface area contributed by atoms with Crippen molar-refractivity contribution in [2.75, 3.05) is 13.2 Å². The molecule has 1 atom stereocenters. The van der Waals surface area contributed by atoms with Crippen LogP contribution in [0.3, 0.4) is 0 Å². The van der Waals surface area contributed by atoms with Crippen molar-refractivity contribution < 1.29 is 14.6 Å². The third-order valence-corrected chi connectivity index (χ3v) is 5.70. The first kappa shape index (κ1) is 18.4. The SMILES string of the molecule is CCC(C)(CO)NC(=O)COc1cccc2c(=O)c3ccccc3sc12. The molecule has 1 unspecified atom stereocenters. The average Bonchev–Trinajstić information content (AvgIpc) is 2.66. The van der Waals surface area contributed by atoms with Crippen molar-refractivity contribution in [3.63, 3.8) is 0 Å². The molecule has 0 saturated carbocycles. The molecule has 136 valence electrons. The Balaban J connectivity index is 1.89. The zero-order chi connectivity index (χ0) is 18.7. The molecule has 3 rings (SSSR count). The lowest BCUT2D eigenvalue weighted by molar-refractivity contribution is -0.125. The lowest BCUT2D eigenvalue weighted by atomic mass is 10.0. The van der Waals surface area contributed by atoms with E-state index in [2.05, 4.69) is 5.32 Å². The fourth-order valence-electron chi connectivity index (χ4n) is 2.67. The molecule has 0 fully saturated rings. The van der Waals surface area contributed by atoms with Gasteiger partial charge in [-0.1, -0.05) is 25.1 Å². The first-order valence-electron chi connectivity index (χ1n) is 8.46. The number of amides is 1. The molecule has 0 aliphatic heterocycles. The van der Waals surface area contributed by atoms with Gasteiger partial charge < -0.3 is 15.2 Å². The summed E-state index contributed by atoms with van der Waals surface area (Å²) < 4.78 is 7.30. The number of hydrogen-bond donors (Lipinski definition) is 2. The number of carbonyl (C=O) groups excluding carboxylic acids is 1. The molecule has 1 amide bonds. The van der Waals surface area contributed by atoms with E-state index in [1.54, 1.807) is 25.1 Å². The second-order valence-corrected chi connectivity index (χ2v) is 7.52. The highest BCUT2D eigenvalue weighted by Gasteiger charge is 2.23. The van der Waals surface area contributed by atoms with Crippen LogP contribution in [0.25, 0.3) is 20.2 Å². The van der Waals surface area contributed by atoms with Crippen LogP contribution in [0.1, 0.15) is 20.3 Å². The number of nitrogens with one attached hydrogen (secondary N) is 1. The van der Waals surface area contributed by atoms with Crippen molar-refractivity contribution in [2.24, 2.45) is 0 Å². The smallest absolute Gasteiger partial charge is 0.258 e. The molecule has 0 bridgehead atoms. The molecule has 1 aromatic heterocycles. The van der Waals surface area contributed by atoms with Gasteiger partial charge in [-0.05, 0) is 37.6 Å². The maximum absolute atomic E-state index is 12.7. The number of fused-ring (bicyclic) bond motifs is 2. The molecule has 6 heteroatoms. The molecule has 26 heavy (non-hydrogen) atoms. The second-order valence-electron chi connectivity index (χ2n) is 6.47. The molecule has 0 aliphatic carbocycles. The number of hydrogen-bond acceptors (Lipinski definition) is 5. The Bertz CT molecular complexity index is 1010. The molecule has 0 spiro atoms. The summed E-state index contributed by atoms with van der Waals surface area (Å²) in [5, 5.41) is 13.4. The zero-order valence-corrected chi connectivity index (χ0v) is 15.6. The van der Waals surface area contributed by atoms with Gasteiger partial charge in [-0.15, -0.1) is 11.3 Å². The minimum Gasteiger partial charge on any atom is -0.482 e. The number of aliphatic hydroxyl groups is 1. The van der Waals surface area contributed by atoms with E-state index < -0.39 is 5.54 Å². The Labute approximate surface area is 155 Å². The topological polar surface area (TPSA) is 75.6 Å². The first-order chi connectivity index (χ1) is 12.5. The van der Waals surface area contributed by atoms with Crippen molar-refractivity contribution in [1.29, 1.82) is 0 Å². The van der Waals surface area contributed by atoms with Gasteiger partial charge in [0.05, 0.1) is 16.8 Å². The van der Waals surface area contributed by atoms with E-state index >= 15 is 0 Å². The van der Waals surface area contributed by atoms with Gasteiger partial charge in [-0.25, -0.2) is 0 Å². The molecule has 5 nitrogen and oxygen atoms in total.